The van der Waals surface area contributed by atoms with Crippen LogP contribution in [0.5, 0.6) is 0 Å². The molecule has 0 aromatic heterocycles. The van der Waals surface area contributed by atoms with E-state index in [0.717, 1.165) is 0 Å². The first-order chi connectivity index (χ1) is 4.00. The molecular weight excluding hydrogens is 251 g/mol. The zero-order chi connectivity index (χ0) is 9.00. The van der Waals surface area contributed by atoms with Gasteiger partial charge in [-0.15, -0.1) is 33.2 Å². The Labute approximate surface area is 71.9 Å². The molecule has 0 rings (SSSR count). The molecule has 0 nitrogen and oxygen atoms in total. The molecule has 0 aliphatic heterocycles. The van der Waals surface area contributed by atoms with Crippen LogP contribution in [0.25, 0.3) is 0 Å². The fourth-order valence-electron chi connectivity index (χ4n) is 0. The smallest absolute Gasteiger partial charge is 0.211 e. The fourth-order valence-corrected chi connectivity index (χ4v) is 0. The number of rotatable bonds is 0. The molecular formula is CH3Cl3F4Si2. The van der Waals surface area contributed by atoms with Gasteiger partial charge in [-0.05, 0) is 6.55 Å². The summed E-state index contributed by atoms with van der Waals surface area (Å²) in [5.74, 6) is 0. The Morgan fingerprint density at radius 1 is 0.900 bits per heavy atom. The zero-order valence-corrected chi connectivity index (χ0v) is 8.91. The summed E-state index contributed by atoms with van der Waals surface area (Å²) >= 11 is 15.6. The van der Waals surface area contributed by atoms with Gasteiger partial charge in [0.2, 0.25) is 0 Å². The quantitative estimate of drug-likeness (QED) is 0.352. The van der Waals surface area contributed by atoms with E-state index in [0.29, 0.717) is 0 Å². The Bertz CT molecular complexity index is 61.5. The van der Waals surface area contributed by atoms with Gasteiger partial charge in [0.15, 0.2) is 0 Å². The summed E-state index contributed by atoms with van der Waals surface area (Å²) in [5.41, 5.74) is 0. The molecule has 0 amide bonds. The molecule has 0 saturated carbocycles. The molecule has 0 spiro atoms. The molecule has 10 heavy (non-hydrogen) atoms. The lowest BCUT2D eigenvalue weighted by Gasteiger charge is -1.89. The Kier molecular flexibility index (Phi) is 6.55. The van der Waals surface area contributed by atoms with Crippen LogP contribution >= 0.6 is 33.2 Å². The first-order valence-electron chi connectivity index (χ1n) is 1.82. The van der Waals surface area contributed by atoms with Gasteiger partial charge in [0.25, 0.3) is 0 Å². The molecule has 0 N–H and O–H groups in total. The largest absolute Gasteiger partial charge is 0.844 e. The Morgan fingerprint density at radius 2 is 0.900 bits per heavy atom. The molecule has 0 aliphatic rings. The molecule has 0 heterocycles. The summed E-state index contributed by atoms with van der Waals surface area (Å²) in [6.45, 7) is 1.62. The highest BCUT2D eigenvalue weighted by molar-refractivity contribution is 7.64. The van der Waals surface area contributed by atoms with Crippen molar-refractivity contribution in [3.63, 3.8) is 0 Å². The highest BCUT2D eigenvalue weighted by Gasteiger charge is 2.39. The van der Waals surface area contributed by atoms with Crippen LogP contribution in [-0.4, -0.2) is 15.4 Å². The maximum absolute atomic E-state index is 9.83. The van der Waals surface area contributed by atoms with Crippen molar-refractivity contribution in [2.75, 3.05) is 0 Å². The van der Waals surface area contributed by atoms with Crippen molar-refractivity contribution in [2.24, 2.45) is 0 Å². The maximum Gasteiger partial charge on any atom is 0.844 e. The van der Waals surface area contributed by atoms with Crippen LogP contribution in [0.2, 0.25) is 6.55 Å². The highest BCUT2D eigenvalue weighted by Crippen LogP contribution is 2.17. The highest BCUT2D eigenvalue weighted by atomic mass is 35.8. The minimum atomic E-state index is -6.61. The van der Waals surface area contributed by atoms with E-state index < -0.39 is 15.4 Å². The van der Waals surface area contributed by atoms with Gasteiger partial charge < -0.3 is 0 Å². The number of halogens is 7. The average Bonchev–Trinajstić information content (AvgIpc) is 1.12. The molecule has 0 saturated heterocycles. The minimum absolute atomic E-state index is 1.62. The zero-order valence-electron chi connectivity index (χ0n) is 4.65. The Balaban J connectivity index is 0. The lowest BCUT2D eigenvalue weighted by atomic mass is 11.9. The second kappa shape index (κ2) is 4.81. The summed E-state index contributed by atoms with van der Waals surface area (Å²) in [6, 6.07) is -2.19. The second-order valence-electron chi connectivity index (χ2n) is 1.21. The third-order valence-corrected chi connectivity index (χ3v) is 0. The van der Waals surface area contributed by atoms with Gasteiger partial charge in [-0.3, -0.25) is 0 Å². The summed E-state index contributed by atoms with van der Waals surface area (Å²) in [7, 11) is -6.61. The van der Waals surface area contributed by atoms with E-state index in [1.807, 2.05) is 0 Å². The summed E-state index contributed by atoms with van der Waals surface area (Å²) < 4.78 is 39.3. The predicted octanol–water partition coefficient (Wildman–Crippen LogP) is 3.57. The first kappa shape index (κ1) is 13.6. The molecule has 0 bridgehead atoms. The van der Waals surface area contributed by atoms with Crippen LogP contribution in [0.4, 0.5) is 16.4 Å². The van der Waals surface area contributed by atoms with Crippen LogP contribution in [0.3, 0.4) is 0 Å². The molecule has 64 valence electrons. The van der Waals surface area contributed by atoms with E-state index in [1.165, 1.54) is 0 Å². The van der Waals surface area contributed by atoms with Gasteiger partial charge in [0.1, 0.15) is 0 Å². The molecule has 0 atom stereocenters. The lowest BCUT2D eigenvalue weighted by molar-refractivity contribution is 0.368. The monoisotopic (exact) mass is 252 g/mol. The van der Waals surface area contributed by atoms with Crippen LogP contribution in [0.15, 0.2) is 0 Å². The molecule has 0 radical (unpaired) electrons. The van der Waals surface area contributed by atoms with E-state index in [1.54, 1.807) is 6.55 Å². The van der Waals surface area contributed by atoms with Crippen LogP contribution in [0, 0.1) is 0 Å². The van der Waals surface area contributed by atoms with Crippen molar-refractivity contribution in [3.8, 4) is 0 Å². The van der Waals surface area contributed by atoms with Gasteiger partial charge in [0, 0.05) is 0 Å². The maximum atomic E-state index is 9.83. The topological polar surface area (TPSA) is 0 Å². The summed E-state index contributed by atoms with van der Waals surface area (Å²) in [6.07, 6.45) is 0. The fraction of sp³-hybridized carbons (Fsp3) is 1.00. The summed E-state index contributed by atoms with van der Waals surface area (Å²) in [4.78, 5) is 0. The van der Waals surface area contributed by atoms with Crippen LogP contribution < -0.4 is 0 Å². The van der Waals surface area contributed by atoms with E-state index in [4.69, 9.17) is 33.2 Å². The van der Waals surface area contributed by atoms with Crippen molar-refractivity contribution in [1.29, 1.82) is 0 Å². The molecule has 0 aromatic carbocycles. The average molecular weight is 254 g/mol. The molecule has 0 fully saturated rings. The number of hydrogen-bond donors (Lipinski definition) is 0. The Morgan fingerprint density at radius 3 is 0.900 bits per heavy atom. The Hall–Kier alpha value is 1.02. The van der Waals surface area contributed by atoms with E-state index in [2.05, 4.69) is 0 Å². The van der Waals surface area contributed by atoms with Gasteiger partial charge in [-0.1, -0.05) is 0 Å². The van der Waals surface area contributed by atoms with Gasteiger partial charge in [-0.25, -0.2) is 16.4 Å². The first-order valence-corrected chi connectivity index (χ1v) is 8.87. The molecule has 0 aliphatic carbocycles. The van der Waals surface area contributed by atoms with Crippen molar-refractivity contribution >= 4 is 48.6 Å². The van der Waals surface area contributed by atoms with Crippen molar-refractivity contribution in [1.82, 2.24) is 0 Å². The number of hydrogen-bond acceptors (Lipinski definition) is 0. The third-order valence-electron chi connectivity index (χ3n) is 0. The predicted molar refractivity (Wildman–Crippen MR) is 39.4 cm³/mol. The van der Waals surface area contributed by atoms with Crippen molar-refractivity contribution < 1.29 is 16.4 Å². The van der Waals surface area contributed by atoms with E-state index in [-0.39, 0.29) is 0 Å². The van der Waals surface area contributed by atoms with Gasteiger partial charge in [0.05, 0.1) is 0 Å². The normalized spacial score (nSPS) is 12.0. The molecule has 9 heteroatoms. The van der Waals surface area contributed by atoms with Crippen molar-refractivity contribution in [2.45, 2.75) is 6.55 Å². The summed E-state index contributed by atoms with van der Waals surface area (Å²) in [5, 5.41) is 0. The molecule has 0 aromatic rings. The standard InChI is InChI=1S/CH3Cl3Si.F4Si/c2*1-5(2,3)4/h1H3;. The van der Waals surface area contributed by atoms with Crippen LogP contribution in [-0.2, 0) is 0 Å². The molecule has 0 unspecified atom stereocenters. The van der Waals surface area contributed by atoms with Gasteiger partial charge in [-0.2, -0.15) is 0 Å². The lowest BCUT2D eigenvalue weighted by Crippen LogP contribution is -2.02. The van der Waals surface area contributed by atoms with Crippen molar-refractivity contribution in [3.05, 3.63) is 0 Å². The SMILES string of the molecule is C[Si](Cl)(Cl)Cl.F[Si](F)(F)F. The third kappa shape index (κ3) is 554. The second-order valence-corrected chi connectivity index (χ2v) is 12.2. The van der Waals surface area contributed by atoms with E-state index >= 15 is 0 Å². The van der Waals surface area contributed by atoms with Crippen LogP contribution in [0.1, 0.15) is 0 Å². The minimum Gasteiger partial charge on any atom is -0.211 e. The van der Waals surface area contributed by atoms with E-state index in [9.17, 15) is 16.4 Å². The van der Waals surface area contributed by atoms with Gasteiger partial charge >= 0.3 is 15.4 Å².